The average molecular weight is 441 g/mol. The third-order valence-electron chi connectivity index (χ3n) is 2.50. The summed E-state index contributed by atoms with van der Waals surface area (Å²) in [6.45, 7) is 0. The molecule has 5 heteroatoms. The van der Waals surface area contributed by atoms with Crippen LogP contribution in [0.2, 0.25) is 5.02 Å². The van der Waals surface area contributed by atoms with Crippen LogP contribution in [0.3, 0.4) is 0 Å². The van der Waals surface area contributed by atoms with Crippen molar-refractivity contribution < 1.29 is 9.50 Å². The Labute approximate surface area is 131 Å². The third kappa shape index (κ3) is 3.04. The van der Waals surface area contributed by atoms with Crippen LogP contribution >= 0.6 is 50.1 Å². The molecule has 0 aliphatic carbocycles. The van der Waals surface area contributed by atoms with Gasteiger partial charge < -0.3 is 5.11 Å². The molecule has 0 aromatic heterocycles. The van der Waals surface area contributed by atoms with Crippen LogP contribution in [0.4, 0.5) is 4.39 Å². The molecule has 0 radical (unpaired) electrons. The van der Waals surface area contributed by atoms with Gasteiger partial charge >= 0.3 is 0 Å². The molecular formula is C13H8BrClFIO. The van der Waals surface area contributed by atoms with Crippen LogP contribution in [0.5, 0.6) is 0 Å². The highest BCUT2D eigenvalue weighted by Gasteiger charge is 2.17. The molecule has 18 heavy (non-hydrogen) atoms. The lowest BCUT2D eigenvalue weighted by Crippen LogP contribution is -2.03. The topological polar surface area (TPSA) is 20.2 Å². The quantitative estimate of drug-likeness (QED) is 0.518. The number of aliphatic hydroxyl groups excluding tert-OH is 1. The number of aliphatic hydroxyl groups is 1. The van der Waals surface area contributed by atoms with Crippen LogP contribution in [-0.4, -0.2) is 5.11 Å². The summed E-state index contributed by atoms with van der Waals surface area (Å²) in [6, 6.07) is 9.98. The van der Waals surface area contributed by atoms with Crippen molar-refractivity contribution in [3.8, 4) is 0 Å². The van der Waals surface area contributed by atoms with Gasteiger partial charge in [0.15, 0.2) is 0 Å². The molecule has 1 atom stereocenters. The van der Waals surface area contributed by atoms with Gasteiger partial charge in [-0.2, -0.15) is 0 Å². The van der Waals surface area contributed by atoms with Crippen molar-refractivity contribution in [2.75, 3.05) is 0 Å². The van der Waals surface area contributed by atoms with E-state index in [2.05, 4.69) is 38.5 Å². The standard InChI is InChI=1S/C13H8BrClFIO/c14-10-6-12(16)9(5-11(10)15)13(18)7-2-1-3-8(17)4-7/h1-6,13,18H. The van der Waals surface area contributed by atoms with Gasteiger partial charge in [0.25, 0.3) is 0 Å². The van der Waals surface area contributed by atoms with E-state index in [1.807, 2.05) is 12.1 Å². The Morgan fingerprint density at radius 1 is 1.28 bits per heavy atom. The molecule has 0 aliphatic heterocycles. The summed E-state index contributed by atoms with van der Waals surface area (Å²) < 4.78 is 15.3. The lowest BCUT2D eigenvalue weighted by molar-refractivity contribution is 0.215. The van der Waals surface area contributed by atoms with Gasteiger partial charge in [0.05, 0.1) is 5.02 Å². The molecule has 0 bridgehead atoms. The molecule has 0 saturated heterocycles. The van der Waals surface area contributed by atoms with E-state index < -0.39 is 11.9 Å². The molecule has 0 spiro atoms. The molecule has 2 aromatic carbocycles. The van der Waals surface area contributed by atoms with E-state index in [-0.39, 0.29) is 5.56 Å². The molecular weight excluding hydrogens is 433 g/mol. The summed E-state index contributed by atoms with van der Waals surface area (Å²) in [5, 5.41) is 10.6. The maximum Gasteiger partial charge on any atom is 0.130 e. The van der Waals surface area contributed by atoms with Gasteiger partial charge in [-0.25, -0.2) is 4.39 Å². The van der Waals surface area contributed by atoms with Gasteiger partial charge in [0, 0.05) is 13.6 Å². The van der Waals surface area contributed by atoms with Crippen LogP contribution in [0, 0.1) is 9.39 Å². The Morgan fingerprint density at radius 3 is 2.67 bits per heavy atom. The Kier molecular flexibility index (Phi) is 4.64. The molecule has 0 heterocycles. The predicted octanol–water partition coefficient (Wildman–Crippen LogP) is 4.93. The molecule has 0 aliphatic rings. The maximum absolute atomic E-state index is 13.8. The van der Waals surface area contributed by atoms with Crippen molar-refractivity contribution in [1.29, 1.82) is 0 Å². The summed E-state index contributed by atoms with van der Waals surface area (Å²) in [6.07, 6.45) is -1.02. The van der Waals surface area contributed by atoms with Crippen LogP contribution in [0.1, 0.15) is 17.2 Å². The number of hydrogen-bond donors (Lipinski definition) is 1. The summed E-state index contributed by atoms with van der Waals surface area (Å²) in [4.78, 5) is 0. The average Bonchev–Trinajstić information content (AvgIpc) is 2.33. The van der Waals surface area contributed by atoms with Crippen molar-refractivity contribution >= 4 is 50.1 Å². The minimum Gasteiger partial charge on any atom is -0.384 e. The maximum atomic E-state index is 13.8. The van der Waals surface area contributed by atoms with Gasteiger partial charge in [-0.1, -0.05) is 23.7 Å². The molecule has 0 amide bonds. The first-order chi connectivity index (χ1) is 8.49. The van der Waals surface area contributed by atoms with Gasteiger partial charge in [-0.05, 0) is 68.3 Å². The third-order valence-corrected chi connectivity index (χ3v) is 4.37. The van der Waals surface area contributed by atoms with Crippen LogP contribution in [0.15, 0.2) is 40.9 Å². The highest BCUT2D eigenvalue weighted by atomic mass is 127. The second kappa shape index (κ2) is 5.86. The fraction of sp³-hybridized carbons (Fsp3) is 0.0769. The van der Waals surface area contributed by atoms with E-state index in [1.54, 1.807) is 12.1 Å². The fourth-order valence-corrected chi connectivity index (χ4v) is 2.66. The van der Waals surface area contributed by atoms with Crippen LogP contribution in [-0.2, 0) is 0 Å². The van der Waals surface area contributed by atoms with E-state index in [9.17, 15) is 9.50 Å². The Hall–Kier alpha value is -0.170. The van der Waals surface area contributed by atoms with E-state index in [0.717, 1.165) is 3.57 Å². The van der Waals surface area contributed by atoms with E-state index in [4.69, 9.17) is 11.6 Å². The Bertz CT molecular complexity index is 591. The highest BCUT2D eigenvalue weighted by molar-refractivity contribution is 14.1. The lowest BCUT2D eigenvalue weighted by atomic mass is 10.0. The number of benzene rings is 2. The van der Waals surface area contributed by atoms with Crippen molar-refractivity contribution in [2.24, 2.45) is 0 Å². The lowest BCUT2D eigenvalue weighted by Gasteiger charge is -2.13. The molecule has 2 rings (SSSR count). The zero-order valence-corrected chi connectivity index (χ0v) is 13.5. The zero-order chi connectivity index (χ0) is 13.3. The van der Waals surface area contributed by atoms with E-state index in [1.165, 1.54) is 12.1 Å². The van der Waals surface area contributed by atoms with Gasteiger partial charge in [-0.15, -0.1) is 0 Å². The number of hydrogen-bond acceptors (Lipinski definition) is 1. The van der Waals surface area contributed by atoms with Crippen LogP contribution < -0.4 is 0 Å². The zero-order valence-electron chi connectivity index (χ0n) is 9.00. The van der Waals surface area contributed by atoms with Gasteiger partial charge in [0.1, 0.15) is 11.9 Å². The second-order valence-corrected chi connectivity index (χ2v) is 6.25. The highest BCUT2D eigenvalue weighted by Crippen LogP contribution is 2.31. The first-order valence-electron chi connectivity index (χ1n) is 5.07. The number of rotatable bonds is 2. The first kappa shape index (κ1) is 14.2. The first-order valence-corrected chi connectivity index (χ1v) is 7.32. The van der Waals surface area contributed by atoms with E-state index in [0.29, 0.717) is 15.1 Å². The second-order valence-electron chi connectivity index (χ2n) is 3.75. The van der Waals surface area contributed by atoms with Crippen molar-refractivity contribution in [3.05, 3.63) is 66.4 Å². The van der Waals surface area contributed by atoms with Crippen molar-refractivity contribution in [3.63, 3.8) is 0 Å². The van der Waals surface area contributed by atoms with E-state index >= 15 is 0 Å². The van der Waals surface area contributed by atoms with Gasteiger partial charge in [0.2, 0.25) is 0 Å². The minimum absolute atomic E-state index is 0.171. The largest absolute Gasteiger partial charge is 0.384 e. The molecule has 1 N–H and O–H groups in total. The Morgan fingerprint density at radius 2 is 2.00 bits per heavy atom. The minimum atomic E-state index is -1.02. The Balaban J connectivity index is 2.46. The normalized spacial score (nSPS) is 12.5. The molecule has 0 fully saturated rings. The summed E-state index contributed by atoms with van der Waals surface area (Å²) in [7, 11) is 0. The van der Waals surface area contributed by atoms with Crippen LogP contribution in [0.25, 0.3) is 0 Å². The monoisotopic (exact) mass is 440 g/mol. The molecule has 1 nitrogen and oxygen atoms in total. The smallest absolute Gasteiger partial charge is 0.130 e. The fourth-order valence-electron chi connectivity index (χ4n) is 1.60. The van der Waals surface area contributed by atoms with Crippen molar-refractivity contribution in [2.45, 2.75) is 6.10 Å². The van der Waals surface area contributed by atoms with Gasteiger partial charge in [-0.3, -0.25) is 0 Å². The molecule has 2 aromatic rings. The SMILES string of the molecule is OC(c1cccc(I)c1)c1cc(Cl)c(Br)cc1F. The summed E-state index contributed by atoms with van der Waals surface area (Å²) in [5.41, 5.74) is 0.810. The molecule has 0 saturated carbocycles. The molecule has 1 unspecified atom stereocenters. The summed E-state index contributed by atoms with van der Waals surface area (Å²) in [5.74, 6) is -0.488. The summed E-state index contributed by atoms with van der Waals surface area (Å²) >= 11 is 11.2. The number of halogens is 4. The van der Waals surface area contributed by atoms with Crippen molar-refractivity contribution in [1.82, 2.24) is 0 Å². The predicted molar refractivity (Wildman–Crippen MR) is 82.3 cm³/mol. The molecule has 94 valence electrons.